The summed E-state index contributed by atoms with van der Waals surface area (Å²) < 4.78 is 0. The Balaban J connectivity index is 2.12. The van der Waals surface area contributed by atoms with Gasteiger partial charge in [-0.2, -0.15) is 0 Å². The van der Waals surface area contributed by atoms with Crippen LogP contribution in [-0.4, -0.2) is 36.5 Å². The quantitative estimate of drug-likeness (QED) is 0.492. The third kappa shape index (κ3) is 0.789. The van der Waals surface area contributed by atoms with Crippen molar-refractivity contribution in [2.45, 2.75) is 6.42 Å². The van der Waals surface area contributed by atoms with Gasteiger partial charge in [0, 0.05) is 5.41 Å². The first-order valence-corrected chi connectivity index (χ1v) is 4.26. The molecule has 0 aromatic carbocycles. The highest BCUT2D eigenvalue weighted by molar-refractivity contribution is 5.06. The van der Waals surface area contributed by atoms with E-state index in [-0.39, 0.29) is 18.6 Å². The molecule has 1 aliphatic carbocycles. The van der Waals surface area contributed by atoms with Crippen LogP contribution in [0.4, 0.5) is 0 Å². The van der Waals surface area contributed by atoms with Crippen LogP contribution in [0.15, 0.2) is 0 Å². The molecule has 2 heterocycles. The highest BCUT2D eigenvalue weighted by Gasteiger charge is 2.55. The predicted octanol–water partition coefficient (Wildman–Crippen LogP) is -0.803. The van der Waals surface area contributed by atoms with Crippen LogP contribution in [0.25, 0.3) is 0 Å². The van der Waals surface area contributed by atoms with E-state index in [2.05, 4.69) is 5.32 Å². The molecule has 11 heavy (non-hydrogen) atoms. The van der Waals surface area contributed by atoms with Crippen molar-refractivity contribution >= 4 is 0 Å². The molecule has 1 saturated carbocycles. The molecule has 3 fully saturated rings. The van der Waals surface area contributed by atoms with Gasteiger partial charge in [-0.15, -0.1) is 0 Å². The lowest BCUT2D eigenvalue weighted by Gasteiger charge is -2.58. The Morgan fingerprint density at radius 3 is 2.00 bits per heavy atom. The summed E-state index contributed by atoms with van der Waals surface area (Å²) in [5, 5.41) is 21.6. The standard InChI is InChI=1S/C8H15NO2/c10-4-8(5-11)6-1-7(8)3-9-2-6/h6-7,9-11H,1-5H2. The van der Waals surface area contributed by atoms with Crippen LogP contribution < -0.4 is 5.32 Å². The van der Waals surface area contributed by atoms with Gasteiger partial charge in [-0.1, -0.05) is 0 Å². The van der Waals surface area contributed by atoms with E-state index in [1.807, 2.05) is 0 Å². The minimum atomic E-state index is -0.134. The van der Waals surface area contributed by atoms with Gasteiger partial charge in [0.2, 0.25) is 0 Å². The van der Waals surface area contributed by atoms with Crippen molar-refractivity contribution < 1.29 is 10.2 Å². The van der Waals surface area contributed by atoms with Gasteiger partial charge in [-0.3, -0.25) is 0 Å². The van der Waals surface area contributed by atoms with Crippen LogP contribution in [0.2, 0.25) is 0 Å². The highest BCUT2D eigenvalue weighted by Crippen LogP contribution is 2.52. The molecule has 3 heteroatoms. The Labute approximate surface area is 66.4 Å². The van der Waals surface area contributed by atoms with E-state index in [0.717, 1.165) is 13.1 Å². The van der Waals surface area contributed by atoms with Crippen LogP contribution >= 0.6 is 0 Å². The van der Waals surface area contributed by atoms with Crippen molar-refractivity contribution in [3.05, 3.63) is 0 Å². The van der Waals surface area contributed by atoms with Crippen LogP contribution in [0.5, 0.6) is 0 Å². The van der Waals surface area contributed by atoms with Crippen LogP contribution in [0.1, 0.15) is 6.42 Å². The van der Waals surface area contributed by atoms with Crippen molar-refractivity contribution in [1.29, 1.82) is 0 Å². The normalized spacial score (nSPS) is 39.8. The van der Waals surface area contributed by atoms with Gasteiger partial charge in [0.15, 0.2) is 0 Å². The van der Waals surface area contributed by atoms with Crippen molar-refractivity contribution in [3.63, 3.8) is 0 Å². The molecule has 2 atom stereocenters. The predicted molar refractivity (Wildman–Crippen MR) is 41.1 cm³/mol. The molecule has 0 radical (unpaired) electrons. The zero-order valence-electron chi connectivity index (χ0n) is 6.58. The number of hydrogen-bond donors (Lipinski definition) is 3. The minimum absolute atomic E-state index is 0.134. The maximum absolute atomic E-state index is 9.15. The zero-order chi connectivity index (χ0) is 7.90. The number of aliphatic hydroxyl groups excluding tert-OH is 2. The summed E-state index contributed by atoms with van der Waals surface area (Å²) in [5.74, 6) is 1.02. The molecule has 3 nitrogen and oxygen atoms in total. The van der Waals surface area contributed by atoms with Gasteiger partial charge in [0.05, 0.1) is 13.2 Å². The molecule has 3 N–H and O–H groups in total. The van der Waals surface area contributed by atoms with Crippen molar-refractivity contribution in [1.82, 2.24) is 5.32 Å². The fourth-order valence-electron chi connectivity index (χ4n) is 2.56. The summed E-state index contributed by atoms with van der Waals surface area (Å²) in [4.78, 5) is 0. The Morgan fingerprint density at radius 1 is 1.18 bits per heavy atom. The van der Waals surface area contributed by atoms with E-state index in [1.54, 1.807) is 0 Å². The second kappa shape index (κ2) is 2.44. The van der Waals surface area contributed by atoms with Gasteiger partial charge in [0.25, 0.3) is 0 Å². The third-order valence-corrected chi connectivity index (χ3v) is 3.57. The van der Waals surface area contributed by atoms with E-state index < -0.39 is 0 Å². The van der Waals surface area contributed by atoms with Gasteiger partial charge < -0.3 is 15.5 Å². The summed E-state index contributed by atoms with van der Waals surface area (Å²) >= 11 is 0. The topological polar surface area (TPSA) is 52.5 Å². The van der Waals surface area contributed by atoms with E-state index in [9.17, 15) is 0 Å². The number of fused-ring (bicyclic) bond motifs is 2. The molecule has 3 aliphatic rings. The van der Waals surface area contributed by atoms with Gasteiger partial charge in [-0.25, -0.2) is 0 Å². The van der Waals surface area contributed by atoms with Crippen molar-refractivity contribution in [2.24, 2.45) is 17.3 Å². The minimum Gasteiger partial charge on any atom is -0.396 e. The van der Waals surface area contributed by atoms with E-state index in [4.69, 9.17) is 10.2 Å². The average molecular weight is 157 g/mol. The smallest absolute Gasteiger partial charge is 0.0515 e. The Kier molecular flexibility index (Phi) is 1.67. The number of hydrogen-bond acceptors (Lipinski definition) is 3. The Hall–Kier alpha value is -0.120. The highest BCUT2D eigenvalue weighted by atomic mass is 16.3. The maximum atomic E-state index is 9.15. The van der Waals surface area contributed by atoms with Gasteiger partial charge >= 0.3 is 0 Å². The summed E-state index contributed by atoms with van der Waals surface area (Å²) in [6.45, 7) is 2.25. The fraction of sp³-hybridized carbons (Fsp3) is 1.00. The van der Waals surface area contributed by atoms with Crippen LogP contribution in [0, 0.1) is 17.3 Å². The molecule has 2 aliphatic heterocycles. The first kappa shape index (κ1) is 7.53. The number of rotatable bonds is 2. The molecule has 2 saturated heterocycles. The largest absolute Gasteiger partial charge is 0.396 e. The monoisotopic (exact) mass is 157 g/mol. The molecule has 0 spiro atoms. The molecule has 0 amide bonds. The SMILES string of the molecule is OCC1(CO)C2CNCC1C2. The lowest BCUT2D eigenvalue weighted by Crippen LogP contribution is -2.64. The first-order valence-electron chi connectivity index (χ1n) is 4.26. The van der Waals surface area contributed by atoms with Gasteiger partial charge in [-0.05, 0) is 31.3 Å². The van der Waals surface area contributed by atoms with E-state index in [0.29, 0.717) is 11.8 Å². The molecule has 3 rings (SSSR count). The van der Waals surface area contributed by atoms with E-state index >= 15 is 0 Å². The van der Waals surface area contributed by atoms with Crippen LogP contribution in [0.3, 0.4) is 0 Å². The lowest BCUT2D eigenvalue weighted by atomic mass is 9.51. The average Bonchev–Trinajstić information content (AvgIpc) is 2.08. The molecule has 2 bridgehead atoms. The van der Waals surface area contributed by atoms with Crippen LogP contribution in [-0.2, 0) is 0 Å². The Bertz CT molecular complexity index is 140. The van der Waals surface area contributed by atoms with Crippen molar-refractivity contribution in [3.8, 4) is 0 Å². The molecule has 0 aromatic heterocycles. The number of nitrogens with one attached hydrogen (secondary N) is 1. The third-order valence-electron chi connectivity index (χ3n) is 3.57. The summed E-state index contributed by atoms with van der Waals surface area (Å²) in [5.41, 5.74) is -0.134. The Morgan fingerprint density at radius 2 is 1.73 bits per heavy atom. The molecule has 0 aromatic rings. The first-order chi connectivity index (χ1) is 5.33. The second-order valence-electron chi connectivity index (χ2n) is 3.84. The summed E-state index contributed by atoms with van der Waals surface area (Å²) in [6.07, 6.45) is 1.19. The fourth-order valence-corrected chi connectivity index (χ4v) is 2.56. The summed E-state index contributed by atoms with van der Waals surface area (Å²) in [6, 6.07) is 0. The zero-order valence-corrected chi connectivity index (χ0v) is 6.58. The molecule has 2 unspecified atom stereocenters. The van der Waals surface area contributed by atoms with Gasteiger partial charge in [0.1, 0.15) is 0 Å². The number of aliphatic hydroxyl groups is 2. The molecular weight excluding hydrogens is 142 g/mol. The second-order valence-corrected chi connectivity index (χ2v) is 3.84. The number of piperidine rings is 2. The van der Waals surface area contributed by atoms with Crippen molar-refractivity contribution in [2.75, 3.05) is 26.3 Å². The lowest BCUT2D eigenvalue weighted by molar-refractivity contribution is -0.143. The molecule has 64 valence electrons. The molecular formula is C8H15NO2. The van der Waals surface area contributed by atoms with E-state index in [1.165, 1.54) is 6.42 Å². The summed E-state index contributed by atoms with van der Waals surface area (Å²) in [7, 11) is 0. The maximum Gasteiger partial charge on any atom is 0.0515 e.